The van der Waals surface area contributed by atoms with Crippen LogP contribution in [0, 0.1) is 0 Å². The summed E-state index contributed by atoms with van der Waals surface area (Å²) in [6, 6.07) is 1.66. The van der Waals surface area contributed by atoms with E-state index in [1.54, 1.807) is 0 Å². The minimum Gasteiger partial charge on any atom is -0.467 e. The van der Waals surface area contributed by atoms with Gasteiger partial charge in [-0.05, 0) is 12.1 Å². The van der Waals surface area contributed by atoms with E-state index in [2.05, 4.69) is 25.1 Å². The summed E-state index contributed by atoms with van der Waals surface area (Å²) < 4.78 is 14.4. The Labute approximate surface area is 196 Å². The minimum absolute atomic E-state index is 0.149. The van der Waals surface area contributed by atoms with Crippen LogP contribution >= 0.6 is 23.5 Å². The van der Waals surface area contributed by atoms with E-state index < -0.39 is 59.3 Å². The van der Waals surface area contributed by atoms with Gasteiger partial charge in [-0.3, -0.25) is 19.2 Å². The van der Waals surface area contributed by atoms with Crippen LogP contribution in [0.2, 0.25) is 0 Å². The maximum absolute atomic E-state index is 12.6. The number of hydrogen-bond donors (Lipinski definition) is 2. The Morgan fingerprint density at radius 3 is 1.70 bits per heavy atom. The zero-order chi connectivity index (χ0) is 24.4. The largest absolute Gasteiger partial charge is 0.467 e. The van der Waals surface area contributed by atoms with E-state index >= 15 is 0 Å². The third-order valence-electron chi connectivity index (χ3n) is 4.06. The highest BCUT2D eigenvalue weighted by Crippen LogP contribution is 2.11. The van der Waals surface area contributed by atoms with Gasteiger partial charge in [0, 0.05) is 11.5 Å². The number of amides is 2. The molecule has 1 aromatic rings. The zero-order valence-corrected chi connectivity index (χ0v) is 19.3. The maximum Gasteiger partial charge on any atom is 0.329 e. The van der Waals surface area contributed by atoms with Crippen LogP contribution in [0.25, 0.3) is 0 Å². The van der Waals surface area contributed by atoms with Crippen LogP contribution < -0.4 is 10.6 Å². The van der Waals surface area contributed by atoms with E-state index in [4.69, 9.17) is 4.74 Å². The molecule has 0 saturated heterocycles. The van der Waals surface area contributed by atoms with Gasteiger partial charge in [-0.2, -0.15) is 0 Å². The van der Waals surface area contributed by atoms with Crippen LogP contribution in [-0.4, -0.2) is 90.0 Å². The van der Waals surface area contributed by atoms with Gasteiger partial charge in [0.05, 0.1) is 14.2 Å². The highest BCUT2D eigenvalue weighted by molar-refractivity contribution is 8.14. The third kappa shape index (κ3) is 8.14. The number of carbonyl (C=O) groups excluding carboxylic acids is 6. The second kappa shape index (κ2) is 12.9. The number of nitrogens with zero attached hydrogens (tertiary/aromatic N) is 1. The van der Waals surface area contributed by atoms with Crippen molar-refractivity contribution in [2.75, 3.05) is 38.9 Å². The lowest BCUT2D eigenvalue weighted by atomic mass is 10.2. The van der Waals surface area contributed by atoms with Crippen molar-refractivity contribution in [3.8, 4) is 0 Å². The lowest BCUT2D eigenvalue weighted by Gasteiger charge is -2.17. The predicted octanol–water partition coefficient (Wildman–Crippen LogP) is -0.826. The summed E-state index contributed by atoms with van der Waals surface area (Å²) in [6.45, 7) is -0.834. The second-order valence-electron chi connectivity index (χ2n) is 6.37. The topological polar surface area (TPSA) is 167 Å². The Hall–Kier alpha value is -2.97. The molecule has 0 fully saturated rings. The molecule has 14 heteroatoms. The van der Waals surface area contributed by atoms with Gasteiger partial charge in [0.1, 0.15) is 36.7 Å². The summed E-state index contributed by atoms with van der Waals surface area (Å²) in [6.07, 6.45) is 0. The quantitative estimate of drug-likeness (QED) is 0.486. The van der Waals surface area contributed by atoms with Crippen LogP contribution in [-0.2, 0) is 33.4 Å². The SMILES string of the molecule is COC(=O)[C@H]1CSC(=O)COCC(=O)SC[C@H](C(=O)OC)NC(=O)c2cccc(n2)C(=O)N1. The van der Waals surface area contributed by atoms with E-state index in [1.165, 1.54) is 18.2 Å². The first-order valence-electron chi connectivity index (χ1n) is 9.38. The van der Waals surface area contributed by atoms with Crippen LogP contribution in [0.4, 0.5) is 0 Å². The number of nitrogens with one attached hydrogen (secondary N) is 2. The van der Waals surface area contributed by atoms with E-state index in [1.807, 2.05) is 0 Å². The fourth-order valence-electron chi connectivity index (χ4n) is 2.43. The molecule has 0 aromatic carbocycles. The Bertz CT molecular complexity index is 872. The molecule has 2 bridgehead atoms. The highest BCUT2D eigenvalue weighted by atomic mass is 32.2. The molecule has 12 nitrogen and oxygen atoms in total. The van der Waals surface area contributed by atoms with Crippen molar-refractivity contribution in [3.63, 3.8) is 0 Å². The molecule has 2 rings (SSSR count). The average Bonchev–Trinajstić information content (AvgIpc) is 2.82. The number of aromatic nitrogens is 1. The molecule has 33 heavy (non-hydrogen) atoms. The summed E-state index contributed by atoms with van der Waals surface area (Å²) in [5, 5.41) is 3.86. The standard InChI is InChI=1S/C19H21N3O9S2/c1-29-18(27)12-8-32-14(23)6-31-7-15(24)33-9-13(19(28)30-2)22-17(26)11-5-3-4-10(20-11)16(25)21-12/h3-5,12-13H,6-9H2,1-2H3,(H,21,25)(H,22,26)/t12-,13-/m1/s1. The van der Waals surface area contributed by atoms with Crippen molar-refractivity contribution < 1.29 is 43.0 Å². The van der Waals surface area contributed by atoms with Gasteiger partial charge in [-0.25, -0.2) is 14.6 Å². The average molecular weight is 500 g/mol. The lowest BCUT2D eigenvalue weighted by Crippen LogP contribution is -2.45. The molecule has 1 aliphatic heterocycles. The fraction of sp³-hybridized carbons (Fsp3) is 0.421. The molecule has 178 valence electrons. The Kier molecular flexibility index (Phi) is 10.3. The van der Waals surface area contributed by atoms with E-state index in [0.717, 1.165) is 14.2 Å². The van der Waals surface area contributed by atoms with Gasteiger partial charge < -0.3 is 24.8 Å². The summed E-state index contributed by atoms with van der Waals surface area (Å²) in [7, 11) is 2.25. The zero-order valence-electron chi connectivity index (χ0n) is 17.7. The maximum atomic E-state index is 12.6. The van der Waals surface area contributed by atoms with Crippen LogP contribution in [0.1, 0.15) is 21.0 Å². The molecule has 0 radical (unpaired) electrons. The summed E-state index contributed by atoms with van der Waals surface area (Å²) >= 11 is 1.43. The molecule has 0 aliphatic carbocycles. The first-order chi connectivity index (χ1) is 15.7. The number of methoxy groups -OCH3 is 2. The first kappa shape index (κ1) is 26.3. The number of ether oxygens (including phenoxy) is 3. The number of hydrogen-bond acceptors (Lipinski definition) is 12. The molecule has 2 amide bonds. The molecule has 0 unspecified atom stereocenters. The number of thioether (sulfide) groups is 2. The molecule has 1 aliphatic rings. The minimum atomic E-state index is -1.18. The lowest BCUT2D eigenvalue weighted by molar-refractivity contribution is -0.143. The van der Waals surface area contributed by atoms with Crippen LogP contribution in [0.3, 0.4) is 0 Å². The molecule has 2 atom stereocenters. The first-order valence-corrected chi connectivity index (χ1v) is 11.4. The van der Waals surface area contributed by atoms with Gasteiger partial charge in [-0.1, -0.05) is 29.6 Å². The number of fused-ring (bicyclic) bond motifs is 2. The van der Waals surface area contributed by atoms with Crippen molar-refractivity contribution >= 4 is 57.5 Å². The monoisotopic (exact) mass is 499 g/mol. The molecular weight excluding hydrogens is 478 g/mol. The normalized spacial score (nSPS) is 21.2. The summed E-state index contributed by atoms with van der Waals surface area (Å²) in [5.74, 6) is -3.44. The second-order valence-corrected chi connectivity index (χ2v) is 8.52. The third-order valence-corrected chi connectivity index (χ3v) is 5.94. The highest BCUT2D eigenvalue weighted by Gasteiger charge is 2.27. The number of rotatable bonds is 2. The Morgan fingerprint density at radius 1 is 0.879 bits per heavy atom. The predicted molar refractivity (Wildman–Crippen MR) is 117 cm³/mol. The van der Waals surface area contributed by atoms with Gasteiger partial charge in [0.25, 0.3) is 11.8 Å². The number of pyridine rings is 1. The van der Waals surface area contributed by atoms with Gasteiger partial charge in [-0.15, -0.1) is 0 Å². The summed E-state index contributed by atoms with van der Waals surface area (Å²) in [5.41, 5.74) is -0.368. The Balaban J connectivity index is 2.32. The van der Waals surface area contributed by atoms with Gasteiger partial charge in [0.15, 0.2) is 0 Å². The summed E-state index contributed by atoms with van der Waals surface area (Å²) in [4.78, 5) is 77.2. The molecular formula is C19H21N3O9S2. The molecule has 2 N–H and O–H groups in total. The molecule has 1 aromatic heterocycles. The molecule has 2 heterocycles. The van der Waals surface area contributed by atoms with Crippen LogP contribution in [0.5, 0.6) is 0 Å². The van der Waals surface area contributed by atoms with Crippen molar-refractivity contribution in [3.05, 3.63) is 29.6 Å². The van der Waals surface area contributed by atoms with Gasteiger partial charge >= 0.3 is 11.9 Å². The van der Waals surface area contributed by atoms with Crippen molar-refractivity contribution in [1.29, 1.82) is 0 Å². The Morgan fingerprint density at radius 2 is 1.30 bits per heavy atom. The van der Waals surface area contributed by atoms with E-state index in [9.17, 15) is 28.8 Å². The van der Waals surface area contributed by atoms with Crippen molar-refractivity contribution in [2.24, 2.45) is 0 Å². The molecule has 0 spiro atoms. The van der Waals surface area contributed by atoms with Crippen LogP contribution in [0.15, 0.2) is 18.2 Å². The smallest absolute Gasteiger partial charge is 0.329 e. The van der Waals surface area contributed by atoms with Gasteiger partial charge in [0.2, 0.25) is 10.2 Å². The number of esters is 2. The van der Waals surface area contributed by atoms with Crippen molar-refractivity contribution in [1.82, 2.24) is 15.6 Å². The molecule has 0 saturated carbocycles. The van der Waals surface area contributed by atoms with E-state index in [-0.39, 0.29) is 22.9 Å². The van der Waals surface area contributed by atoms with Crippen molar-refractivity contribution in [2.45, 2.75) is 12.1 Å². The van der Waals surface area contributed by atoms with E-state index in [0.29, 0.717) is 23.5 Å². The fourth-order valence-corrected chi connectivity index (χ4v) is 3.90. The number of carbonyl (C=O) groups is 6.